The standard InChI is InChI=1S/C9H8ClN3S2/c10-7-2-1-3-8(6(7)4-11)14-9-12-5-13-15-9/h1-3,5H,4,11H2. The summed E-state index contributed by atoms with van der Waals surface area (Å²) in [5, 5.41) is 0.701. The van der Waals surface area contributed by atoms with E-state index >= 15 is 0 Å². The van der Waals surface area contributed by atoms with Crippen LogP contribution in [0.2, 0.25) is 5.02 Å². The molecule has 0 saturated carbocycles. The molecule has 0 fully saturated rings. The van der Waals surface area contributed by atoms with Gasteiger partial charge in [0.2, 0.25) is 0 Å². The molecule has 0 spiro atoms. The molecule has 3 nitrogen and oxygen atoms in total. The molecule has 0 atom stereocenters. The first-order valence-corrected chi connectivity index (χ1v) is 6.20. The molecule has 15 heavy (non-hydrogen) atoms. The quantitative estimate of drug-likeness (QED) is 0.919. The van der Waals surface area contributed by atoms with Crippen molar-refractivity contribution in [3.8, 4) is 0 Å². The fraction of sp³-hybridized carbons (Fsp3) is 0.111. The van der Waals surface area contributed by atoms with Crippen molar-refractivity contribution in [2.24, 2.45) is 5.73 Å². The molecule has 2 aromatic rings. The molecule has 2 N–H and O–H groups in total. The summed E-state index contributed by atoms with van der Waals surface area (Å²) in [7, 11) is 0. The molecule has 0 bridgehead atoms. The van der Waals surface area contributed by atoms with Crippen LogP contribution in [0, 0.1) is 0 Å². The third-order valence-electron chi connectivity index (χ3n) is 1.82. The predicted molar refractivity (Wildman–Crippen MR) is 63.4 cm³/mol. The van der Waals surface area contributed by atoms with E-state index in [9.17, 15) is 0 Å². The van der Waals surface area contributed by atoms with Crippen molar-refractivity contribution in [2.75, 3.05) is 0 Å². The summed E-state index contributed by atoms with van der Waals surface area (Å²) in [6.45, 7) is 0.431. The maximum atomic E-state index is 6.04. The van der Waals surface area contributed by atoms with Crippen molar-refractivity contribution in [3.63, 3.8) is 0 Å². The van der Waals surface area contributed by atoms with Gasteiger partial charge in [0.25, 0.3) is 0 Å². The maximum absolute atomic E-state index is 6.04. The van der Waals surface area contributed by atoms with Crippen molar-refractivity contribution < 1.29 is 0 Å². The van der Waals surface area contributed by atoms with Crippen LogP contribution in [-0.2, 0) is 6.54 Å². The van der Waals surface area contributed by atoms with Crippen molar-refractivity contribution in [1.29, 1.82) is 0 Å². The lowest BCUT2D eigenvalue weighted by atomic mass is 10.2. The lowest BCUT2D eigenvalue weighted by Crippen LogP contribution is -1.99. The lowest BCUT2D eigenvalue weighted by Gasteiger charge is -2.06. The number of benzene rings is 1. The van der Waals surface area contributed by atoms with Gasteiger partial charge < -0.3 is 5.73 Å². The predicted octanol–water partition coefficient (Wildman–Crippen LogP) is 2.80. The van der Waals surface area contributed by atoms with Crippen molar-refractivity contribution in [3.05, 3.63) is 35.1 Å². The molecular formula is C9H8ClN3S2. The molecule has 0 amide bonds. The summed E-state index contributed by atoms with van der Waals surface area (Å²) in [4.78, 5) is 5.15. The minimum absolute atomic E-state index is 0.431. The fourth-order valence-corrected chi connectivity index (χ4v) is 3.02. The van der Waals surface area contributed by atoms with Crippen molar-refractivity contribution in [1.82, 2.24) is 9.36 Å². The zero-order valence-corrected chi connectivity index (χ0v) is 10.1. The highest BCUT2D eigenvalue weighted by molar-refractivity contribution is 8.01. The van der Waals surface area contributed by atoms with Gasteiger partial charge in [-0.25, -0.2) is 4.98 Å². The first-order valence-electron chi connectivity index (χ1n) is 4.23. The molecule has 2 rings (SSSR count). The number of rotatable bonds is 3. The largest absolute Gasteiger partial charge is 0.326 e. The number of aromatic nitrogens is 2. The molecule has 1 aromatic carbocycles. The Hall–Kier alpha value is -0.620. The Bertz CT molecular complexity index is 445. The lowest BCUT2D eigenvalue weighted by molar-refractivity contribution is 1.03. The number of hydrogen-bond acceptors (Lipinski definition) is 5. The van der Waals surface area contributed by atoms with E-state index in [1.807, 2.05) is 18.2 Å². The SMILES string of the molecule is NCc1c(Cl)cccc1Sc1ncns1. The third-order valence-corrected chi connectivity index (χ3v) is 3.99. The Balaban J connectivity index is 2.32. The van der Waals surface area contributed by atoms with Crippen molar-refractivity contribution >= 4 is 34.9 Å². The van der Waals surface area contributed by atoms with Gasteiger partial charge in [0.15, 0.2) is 4.34 Å². The van der Waals surface area contributed by atoms with E-state index in [-0.39, 0.29) is 0 Å². The van der Waals surface area contributed by atoms with E-state index in [4.69, 9.17) is 17.3 Å². The van der Waals surface area contributed by atoms with E-state index in [1.165, 1.54) is 11.5 Å². The van der Waals surface area contributed by atoms with Crippen LogP contribution in [0.3, 0.4) is 0 Å². The van der Waals surface area contributed by atoms with Crippen LogP contribution < -0.4 is 5.73 Å². The average molecular weight is 258 g/mol. The fourth-order valence-electron chi connectivity index (χ4n) is 1.13. The summed E-state index contributed by atoms with van der Waals surface area (Å²) in [5.41, 5.74) is 6.61. The molecule has 1 heterocycles. The number of hydrogen-bond donors (Lipinski definition) is 1. The Morgan fingerprint density at radius 2 is 2.33 bits per heavy atom. The van der Waals surface area contributed by atoms with E-state index in [2.05, 4.69) is 9.36 Å². The van der Waals surface area contributed by atoms with Crippen LogP contribution in [0.5, 0.6) is 0 Å². The molecule has 0 aliphatic rings. The van der Waals surface area contributed by atoms with Crippen LogP contribution in [0.15, 0.2) is 33.8 Å². The summed E-state index contributed by atoms with van der Waals surface area (Å²) in [6.07, 6.45) is 1.54. The highest BCUT2D eigenvalue weighted by Crippen LogP contribution is 2.33. The number of nitrogens with zero attached hydrogens (tertiary/aromatic N) is 2. The summed E-state index contributed by atoms with van der Waals surface area (Å²) < 4.78 is 4.84. The Labute approximate surface area is 101 Å². The second kappa shape index (κ2) is 4.94. The van der Waals surface area contributed by atoms with Gasteiger partial charge >= 0.3 is 0 Å². The molecule has 0 radical (unpaired) electrons. The average Bonchev–Trinajstić information content (AvgIpc) is 2.71. The molecule has 0 aliphatic heterocycles. The zero-order chi connectivity index (χ0) is 10.7. The normalized spacial score (nSPS) is 10.5. The summed E-state index contributed by atoms with van der Waals surface area (Å²) >= 11 is 8.94. The van der Waals surface area contributed by atoms with Gasteiger partial charge in [0.1, 0.15) is 6.33 Å². The smallest absolute Gasteiger partial charge is 0.174 e. The van der Waals surface area contributed by atoms with Crippen LogP contribution in [-0.4, -0.2) is 9.36 Å². The molecule has 0 unspecified atom stereocenters. The monoisotopic (exact) mass is 257 g/mol. The molecular weight excluding hydrogens is 250 g/mol. The summed E-state index contributed by atoms with van der Waals surface area (Å²) in [6, 6.07) is 5.74. The second-order valence-electron chi connectivity index (χ2n) is 2.73. The maximum Gasteiger partial charge on any atom is 0.174 e. The van der Waals surface area contributed by atoms with Gasteiger partial charge in [0.05, 0.1) is 0 Å². The minimum Gasteiger partial charge on any atom is -0.326 e. The number of nitrogens with two attached hydrogens (primary N) is 1. The number of halogens is 1. The van der Waals surface area contributed by atoms with Crippen LogP contribution in [0.1, 0.15) is 5.56 Å². The van der Waals surface area contributed by atoms with E-state index in [1.54, 1.807) is 18.1 Å². The molecule has 1 aromatic heterocycles. The van der Waals surface area contributed by atoms with Crippen LogP contribution in [0.25, 0.3) is 0 Å². The van der Waals surface area contributed by atoms with E-state index in [0.717, 1.165) is 14.8 Å². The van der Waals surface area contributed by atoms with Crippen LogP contribution >= 0.6 is 34.9 Å². The highest BCUT2D eigenvalue weighted by Gasteiger charge is 2.08. The first kappa shape index (κ1) is 10.9. The zero-order valence-electron chi connectivity index (χ0n) is 7.68. The highest BCUT2D eigenvalue weighted by atomic mass is 35.5. The third kappa shape index (κ3) is 2.49. The van der Waals surface area contributed by atoms with Gasteiger partial charge in [-0.1, -0.05) is 29.4 Å². The van der Waals surface area contributed by atoms with E-state index in [0.29, 0.717) is 11.6 Å². The van der Waals surface area contributed by atoms with Gasteiger partial charge in [-0.15, -0.1) is 0 Å². The molecule has 0 aliphatic carbocycles. The van der Waals surface area contributed by atoms with Crippen molar-refractivity contribution in [2.45, 2.75) is 15.8 Å². The minimum atomic E-state index is 0.431. The Kier molecular flexibility index (Phi) is 3.58. The second-order valence-corrected chi connectivity index (χ2v) is 5.21. The Morgan fingerprint density at radius 1 is 1.47 bits per heavy atom. The Morgan fingerprint density at radius 3 is 3.00 bits per heavy atom. The van der Waals surface area contributed by atoms with Gasteiger partial charge in [-0.2, -0.15) is 4.37 Å². The first-order chi connectivity index (χ1) is 7.31. The summed E-state index contributed by atoms with van der Waals surface area (Å²) in [5.74, 6) is 0. The van der Waals surface area contributed by atoms with Gasteiger partial charge in [0, 0.05) is 16.5 Å². The molecule has 0 saturated heterocycles. The van der Waals surface area contributed by atoms with E-state index < -0.39 is 0 Å². The van der Waals surface area contributed by atoms with Gasteiger partial charge in [-0.05, 0) is 29.2 Å². The molecule has 78 valence electrons. The van der Waals surface area contributed by atoms with Crippen LogP contribution in [0.4, 0.5) is 0 Å². The topological polar surface area (TPSA) is 51.8 Å². The van der Waals surface area contributed by atoms with Gasteiger partial charge in [-0.3, -0.25) is 0 Å². The molecule has 6 heteroatoms.